The Balaban J connectivity index is 3.03. The average Bonchev–Trinajstić information content (AvgIpc) is 2.05. The van der Waals surface area contributed by atoms with Crippen molar-refractivity contribution in [2.24, 2.45) is 0 Å². The first kappa shape index (κ1) is 7.49. The van der Waals surface area contributed by atoms with E-state index in [0.29, 0.717) is 5.69 Å². The van der Waals surface area contributed by atoms with Gasteiger partial charge in [0.25, 0.3) is 0 Å². The first-order chi connectivity index (χ1) is 5.24. The lowest BCUT2D eigenvalue weighted by Crippen LogP contribution is -1.83. The van der Waals surface area contributed by atoms with Crippen LogP contribution in [-0.4, -0.2) is 4.98 Å². The van der Waals surface area contributed by atoms with Crippen LogP contribution >= 0.6 is 0 Å². The Morgan fingerprint density at radius 2 is 2.36 bits per heavy atom. The summed E-state index contributed by atoms with van der Waals surface area (Å²) in [5.74, 6) is 0. The molecule has 0 unspecified atom stereocenters. The molecule has 0 aliphatic rings. The summed E-state index contributed by atoms with van der Waals surface area (Å²) in [4.78, 5) is 3.90. The highest BCUT2D eigenvalue weighted by atomic mass is 14.7. The van der Waals surface area contributed by atoms with E-state index in [2.05, 4.69) is 11.6 Å². The SMILES string of the molecule is C=C(C)c1ccc(C#N)nc1. The normalized spacial score (nSPS) is 8.73. The lowest BCUT2D eigenvalue weighted by Gasteiger charge is -1.96. The van der Waals surface area contributed by atoms with Gasteiger partial charge in [-0.25, -0.2) is 4.98 Å². The van der Waals surface area contributed by atoms with Crippen molar-refractivity contribution in [3.8, 4) is 6.07 Å². The fourth-order valence-electron chi connectivity index (χ4n) is 0.712. The largest absolute Gasteiger partial charge is 0.245 e. The molecular formula is C9H8N2. The number of nitrogens with zero attached hydrogens (tertiary/aromatic N) is 2. The summed E-state index contributed by atoms with van der Waals surface area (Å²) in [5.41, 5.74) is 2.38. The quantitative estimate of drug-likeness (QED) is 0.604. The van der Waals surface area contributed by atoms with E-state index in [9.17, 15) is 0 Å². The second kappa shape index (κ2) is 2.98. The molecule has 1 aromatic heterocycles. The van der Waals surface area contributed by atoms with Crippen LogP contribution in [0, 0.1) is 11.3 Å². The van der Waals surface area contributed by atoms with Crippen LogP contribution in [0.5, 0.6) is 0 Å². The van der Waals surface area contributed by atoms with Crippen LogP contribution < -0.4 is 0 Å². The fourth-order valence-corrected chi connectivity index (χ4v) is 0.712. The molecule has 0 saturated carbocycles. The lowest BCUT2D eigenvalue weighted by molar-refractivity contribution is 1.25. The lowest BCUT2D eigenvalue weighted by atomic mass is 10.1. The predicted molar refractivity (Wildman–Crippen MR) is 43.7 cm³/mol. The molecule has 11 heavy (non-hydrogen) atoms. The Labute approximate surface area is 65.8 Å². The van der Waals surface area contributed by atoms with Crippen LogP contribution in [0.2, 0.25) is 0 Å². The van der Waals surface area contributed by atoms with Crippen molar-refractivity contribution >= 4 is 5.57 Å². The van der Waals surface area contributed by atoms with Gasteiger partial charge >= 0.3 is 0 Å². The summed E-state index contributed by atoms with van der Waals surface area (Å²) < 4.78 is 0. The molecule has 0 atom stereocenters. The number of rotatable bonds is 1. The zero-order valence-electron chi connectivity index (χ0n) is 6.33. The van der Waals surface area contributed by atoms with Crippen molar-refractivity contribution in [2.75, 3.05) is 0 Å². The Hall–Kier alpha value is -1.62. The maximum atomic E-state index is 8.43. The van der Waals surface area contributed by atoms with Gasteiger partial charge in [0.15, 0.2) is 0 Å². The maximum Gasteiger partial charge on any atom is 0.140 e. The van der Waals surface area contributed by atoms with Crippen molar-refractivity contribution in [1.29, 1.82) is 5.26 Å². The van der Waals surface area contributed by atoms with E-state index < -0.39 is 0 Å². The Bertz CT molecular complexity index is 303. The molecule has 0 radical (unpaired) electrons. The van der Waals surface area contributed by atoms with E-state index in [0.717, 1.165) is 11.1 Å². The van der Waals surface area contributed by atoms with Gasteiger partial charge in [-0.15, -0.1) is 0 Å². The van der Waals surface area contributed by atoms with E-state index in [1.807, 2.05) is 19.1 Å². The van der Waals surface area contributed by atoms with E-state index in [1.165, 1.54) is 0 Å². The van der Waals surface area contributed by atoms with Crippen LogP contribution in [0.15, 0.2) is 24.9 Å². The molecule has 0 amide bonds. The van der Waals surface area contributed by atoms with Gasteiger partial charge in [0.05, 0.1) is 0 Å². The van der Waals surface area contributed by atoms with Crippen LogP contribution in [0.3, 0.4) is 0 Å². The molecule has 1 aromatic rings. The van der Waals surface area contributed by atoms with Gasteiger partial charge in [0.1, 0.15) is 11.8 Å². The molecule has 54 valence electrons. The van der Waals surface area contributed by atoms with Gasteiger partial charge in [0.2, 0.25) is 0 Å². The summed E-state index contributed by atoms with van der Waals surface area (Å²) in [6.07, 6.45) is 1.65. The second-order valence-electron chi connectivity index (χ2n) is 2.32. The van der Waals surface area contributed by atoms with E-state index >= 15 is 0 Å². The average molecular weight is 144 g/mol. The molecular weight excluding hydrogens is 136 g/mol. The third kappa shape index (κ3) is 1.65. The van der Waals surface area contributed by atoms with E-state index in [1.54, 1.807) is 12.3 Å². The van der Waals surface area contributed by atoms with Gasteiger partial charge in [0, 0.05) is 6.20 Å². The second-order valence-corrected chi connectivity index (χ2v) is 2.32. The standard InChI is InChI=1S/C9H8N2/c1-7(2)8-3-4-9(5-10)11-6-8/h3-4,6H,1H2,2H3. The van der Waals surface area contributed by atoms with Gasteiger partial charge in [-0.05, 0) is 24.1 Å². The Kier molecular flexibility index (Phi) is 2.03. The monoisotopic (exact) mass is 144 g/mol. The molecule has 1 heterocycles. The molecule has 0 saturated heterocycles. The maximum absolute atomic E-state index is 8.43. The number of aromatic nitrogens is 1. The van der Waals surface area contributed by atoms with Gasteiger partial charge < -0.3 is 0 Å². The molecule has 0 spiro atoms. The van der Waals surface area contributed by atoms with E-state index in [4.69, 9.17) is 5.26 Å². The summed E-state index contributed by atoms with van der Waals surface area (Å²) >= 11 is 0. The molecule has 0 fully saturated rings. The van der Waals surface area contributed by atoms with Crippen molar-refractivity contribution in [3.05, 3.63) is 36.2 Å². The van der Waals surface area contributed by atoms with Crippen LogP contribution in [0.25, 0.3) is 5.57 Å². The first-order valence-electron chi connectivity index (χ1n) is 3.26. The van der Waals surface area contributed by atoms with Crippen LogP contribution in [-0.2, 0) is 0 Å². The van der Waals surface area contributed by atoms with Crippen LogP contribution in [0.4, 0.5) is 0 Å². The minimum absolute atomic E-state index is 0.440. The zero-order valence-corrected chi connectivity index (χ0v) is 6.33. The topological polar surface area (TPSA) is 36.7 Å². The highest BCUT2D eigenvalue weighted by Crippen LogP contribution is 2.08. The van der Waals surface area contributed by atoms with Gasteiger partial charge in [-0.3, -0.25) is 0 Å². The third-order valence-electron chi connectivity index (χ3n) is 1.37. The highest BCUT2D eigenvalue weighted by Gasteiger charge is 1.93. The molecule has 2 heteroatoms. The van der Waals surface area contributed by atoms with Crippen molar-refractivity contribution in [1.82, 2.24) is 4.98 Å². The first-order valence-corrected chi connectivity index (χ1v) is 3.26. The smallest absolute Gasteiger partial charge is 0.140 e. The van der Waals surface area contributed by atoms with Crippen LogP contribution in [0.1, 0.15) is 18.2 Å². The summed E-state index contributed by atoms with van der Waals surface area (Å²) in [5, 5.41) is 8.43. The van der Waals surface area contributed by atoms with Crippen molar-refractivity contribution < 1.29 is 0 Å². The summed E-state index contributed by atoms with van der Waals surface area (Å²) in [6.45, 7) is 5.66. The van der Waals surface area contributed by atoms with Gasteiger partial charge in [-0.2, -0.15) is 5.26 Å². The Morgan fingerprint density at radius 3 is 2.73 bits per heavy atom. The molecule has 0 aliphatic carbocycles. The molecule has 0 N–H and O–H groups in total. The predicted octanol–water partition coefficient (Wildman–Crippen LogP) is 1.99. The third-order valence-corrected chi connectivity index (χ3v) is 1.37. The number of hydrogen-bond acceptors (Lipinski definition) is 2. The highest BCUT2D eigenvalue weighted by molar-refractivity contribution is 5.60. The number of hydrogen-bond donors (Lipinski definition) is 0. The number of allylic oxidation sites excluding steroid dienone is 1. The zero-order chi connectivity index (χ0) is 8.27. The fraction of sp³-hybridized carbons (Fsp3) is 0.111. The minimum Gasteiger partial charge on any atom is -0.245 e. The minimum atomic E-state index is 0.440. The Morgan fingerprint density at radius 1 is 1.64 bits per heavy atom. The summed E-state index contributed by atoms with van der Waals surface area (Å²) in [6, 6.07) is 5.48. The number of pyridine rings is 1. The molecule has 0 aromatic carbocycles. The van der Waals surface area contributed by atoms with Crippen molar-refractivity contribution in [2.45, 2.75) is 6.92 Å². The molecule has 1 rings (SSSR count). The van der Waals surface area contributed by atoms with E-state index in [-0.39, 0.29) is 0 Å². The molecule has 2 nitrogen and oxygen atoms in total. The van der Waals surface area contributed by atoms with Crippen molar-refractivity contribution in [3.63, 3.8) is 0 Å². The molecule has 0 bridgehead atoms. The van der Waals surface area contributed by atoms with Gasteiger partial charge in [-0.1, -0.05) is 12.6 Å². The summed E-state index contributed by atoms with van der Waals surface area (Å²) in [7, 11) is 0. The molecule has 0 aliphatic heterocycles. The number of nitriles is 1.